The fourth-order valence-electron chi connectivity index (χ4n) is 2.37. The molecule has 0 saturated heterocycles. The highest BCUT2D eigenvalue weighted by Gasteiger charge is 2.08. The van der Waals surface area contributed by atoms with Gasteiger partial charge in [-0.1, -0.05) is 0 Å². The SMILES string of the molecule is CCNc1nc(Nc2ccc(C(=O)OC)cc2)cc(-c2cccnc2)n1. The number of esters is 1. The molecule has 132 valence electrons. The number of carbonyl (C=O) groups excluding carboxylic acids is 1. The molecule has 0 bridgehead atoms. The summed E-state index contributed by atoms with van der Waals surface area (Å²) in [5, 5.41) is 6.37. The van der Waals surface area contributed by atoms with Crippen molar-refractivity contribution in [3.05, 3.63) is 60.4 Å². The van der Waals surface area contributed by atoms with E-state index in [0.29, 0.717) is 23.9 Å². The van der Waals surface area contributed by atoms with Gasteiger partial charge in [0.2, 0.25) is 5.95 Å². The first kappa shape index (κ1) is 17.3. The maximum atomic E-state index is 11.5. The third kappa shape index (κ3) is 4.13. The summed E-state index contributed by atoms with van der Waals surface area (Å²) in [4.78, 5) is 24.7. The second-order valence-corrected chi connectivity index (χ2v) is 5.43. The molecule has 7 nitrogen and oxygen atoms in total. The van der Waals surface area contributed by atoms with Crippen molar-refractivity contribution in [2.45, 2.75) is 6.92 Å². The summed E-state index contributed by atoms with van der Waals surface area (Å²) >= 11 is 0. The number of hydrogen-bond donors (Lipinski definition) is 2. The number of benzene rings is 1. The Morgan fingerprint density at radius 2 is 1.96 bits per heavy atom. The molecule has 0 aliphatic carbocycles. The predicted octanol–water partition coefficient (Wildman–Crippen LogP) is 3.50. The van der Waals surface area contributed by atoms with Crippen molar-refractivity contribution in [2.24, 2.45) is 0 Å². The molecule has 0 amide bonds. The van der Waals surface area contributed by atoms with Crippen LogP contribution >= 0.6 is 0 Å². The molecule has 0 atom stereocenters. The molecule has 2 heterocycles. The second kappa shape index (κ2) is 8.06. The van der Waals surface area contributed by atoms with Crippen molar-refractivity contribution in [1.82, 2.24) is 15.0 Å². The van der Waals surface area contributed by atoms with E-state index < -0.39 is 0 Å². The Hall–Kier alpha value is -3.48. The Bertz CT molecular complexity index is 882. The molecule has 3 aromatic rings. The Kier molecular flexibility index (Phi) is 5.38. The van der Waals surface area contributed by atoms with Crippen LogP contribution in [0.3, 0.4) is 0 Å². The average Bonchev–Trinajstić information content (AvgIpc) is 2.69. The molecule has 1 aromatic carbocycles. The zero-order valence-electron chi connectivity index (χ0n) is 14.6. The van der Waals surface area contributed by atoms with Crippen molar-refractivity contribution in [1.29, 1.82) is 0 Å². The minimum absolute atomic E-state index is 0.369. The first-order valence-corrected chi connectivity index (χ1v) is 8.18. The molecule has 0 aliphatic rings. The van der Waals surface area contributed by atoms with Crippen LogP contribution in [0.5, 0.6) is 0 Å². The number of pyridine rings is 1. The van der Waals surface area contributed by atoms with Gasteiger partial charge in [0.05, 0.1) is 18.4 Å². The molecule has 0 unspecified atom stereocenters. The number of nitrogens with one attached hydrogen (secondary N) is 2. The summed E-state index contributed by atoms with van der Waals surface area (Å²) in [5.74, 6) is 0.801. The fourth-order valence-corrected chi connectivity index (χ4v) is 2.37. The van der Waals surface area contributed by atoms with Crippen LogP contribution in [-0.4, -0.2) is 34.6 Å². The topological polar surface area (TPSA) is 89.0 Å². The molecule has 0 fully saturated rings. The Morgan fingerprint density at radius 1 is 1.15 bits per heavy atom. The van der Waals surface area contributed by atoms with Crippen LogP contribution in [0.25, 0.3) is 11.3 Å². The lowest BCUT2D eigenvalue weighted by atomic mass is 10.2. The molecular weight excluding hydrogens is 330 g/mol. The van der Waals surface area contributed by atoms with Crippen LogP contribution in [0.15, 0.2) is 54.9 Å². The van der Waals surface area contributed by atoms with Crippen LogP contribution < -0.4 is 10.6 Å². The number of hydrogen-bond acceptors (Lipinski definition) is 7. The van der Waals surface area contributed by atoms with Gasteiger partial charge in [0.15, 0.2) is 0 Å². The summed E-state index contributed by atoms with van der Waals surface area (Å²) < 4.78 is 4.71. The third-order valence-corrected chi connectivity index (χ3v) is 3.60. The summed E-state index contributed by atoms with van der Waals surface area (Å²) in [6.45, 7) is 2.70. The number of rotatable bonds is 6. The monoisotopic (exact) mass is 349 g/mol. The van der Waals surface area contributed by atoms with E-state index in [1.807, 2.05) is 25.1 Å². The average molecular weight is 349 g/mol. The summed E-state index contributed by atoms with van der Waals surface area (Å²) in [6.07, 6.45) is 3.48. The lowest BCUT2D eigenvalue weighted by Crippen LogP contribution is -2.05. The normalized spacial score (nSPS) is 10.2. The zero-order valence-corrected chi connectivity index (χ0v) is 14.6. The van der Waals surface area contributed by atoms with Gasteiger partial charge in [0.25, 0.3) is 0 Å². The van der Waals surface area contributed by atoms with E-state index in [2.05, 4.69) is 25.6 Å². The number of anilines is 3. The van der Waals surface area contributed by atoms with Gasteiger partial charge < -0.3 is 15.4 Å². The Labute approximate surface area is 151 Å². The highest BCUT2D eigenvalue weighted by molar-refractivity contribution is 5.89. The van der Waals surface area contributed by atoms with Crippen molar-refractivity contribution in [3.63, 3.8) is 0 Å². The highest BCUT2D eigenvalue weighted by Crippen LogP contribution is 2.23. The molecule has 7 heteroatoms. The Morgan fingerprint density at radius 3 is 2.62 bits per heavy atom. The lowest BCUT2D eigenvalue weighted by molar-refractivity contribution is 0.0601. The van der Waals surface area contributed by atoms with E-state index in [1.54, 1.807) is 36.7 Å². The molecular formula is C19H19N5O2. The number of methoxy groups -OCH3 is 1. The van der Waals surface area contributed by atoms with Gasteiger partial charge in [-0.3, -0.25) is 4.98 Å². The van der Waals surface area contributed by atoms with E-state index in [-0.39, 0.29) is 5.97 Å². The number of ether oxygens (including phenoxy) is 1. The summed E-state index contributed by atoms with van der Waals surface area (Å²) in [5.41, 5.74) is 2.96. The quantitative estimate of drug-likeness (QED) is 0.658. The fraction of sp³-hybridized carbons (Fsp3) is 0.158. The number of carbonyl (C=O) groups is 1. The van der Waals surface area contributed by atoms with Gasteiger partial charge in [-0.25, -0.2) is 9.78 Å². The van der Waals surface area contributed by atoms with Gasteiger partial charge in [0.1, 0.15) is 5.82 Å². The molecule has 2 N–H and O–H groups in total. The first-order valence-electron chi connectivity index (χ1n) is 8.18. The summed E-state index contributed by atoms with van der Waals surface area (Å²) in [6, 6.07) is 12.6. The van der Waals surface area contributed by atoms with Crippen molar-refractivity contribution < 1.29 is 9.53 Å². The molecule has 0 spiro atoms. The van der Waals surface area contributed by atoms with Crippen LogP contribution in [0, 0.1) is 0 Å². The van der Waals surface area contributed by atoms with Crippen LogP contribution in [0.4, 0.5) is 17.5 Å². The molecule has 0 saturated carbocycles. The number of aromatic nitrogens is 3. The third-order valence-electron chi connectivity index (χ3n) is 3.60. The first-order chi connectivity index (χ1) is 12.7. The van der Waals surface area contributed by atoms with Crippen molar-refractivity contribution in [2.75, 3.05) is 24.3 Å². The van der Waals surface area contributed by atoms with Gasteiger partial charge in [-0.2, -0.15) is 4.98 Å². The minimum Gasteiger partial charge on any atom is -0.465 e. The van der Waals surface area contributed by atoms with Gasteiger partial charge >= 0.3 is 5.97 Å². The number of nitrogens with zero attached hydrogens (tertiary/aromatic N) is 3. The van der Waals surface area contributed by atoms with Gasteiger partial charge in [-0.05, 0) is 43.3 Å². The van der Waals surface area contributed by atoms with E-state index in [4.69, 9.17) is 4.74 Å². The van der Waals surface area contributed by atoms with E-state index in [9.17, 15) is 4.79 Å². The lowest BCUT2D eigenvalue weighted by Gasteiger charge is -2.11. The Balaban J connectivity index is 1.89. The smallest absolute Gasteiger partial charge is 0.337 e. The van der Waals surface area contributed by atoms with Gasteiger partial charge in [0, 0.05) is 36.3 Å². The van der Waals surface area contributed by atoms with Crippen molar-refractivity contribution in [3.8, 4) is 11.3 Å². The predicted molar refractivity (Wildman–Crippen MR) is 100 cm³/mol. The van der Waals surface area contributed by atoms with Gasteiger partial charge in [-0.15, -0.1) is 0 Å². The molecule has 3 rings (SSSR count). The summed E-state index contributed by atoms with van der Waals surface area (Å²) in [7, 11) is 1.36. The second-order valence-electron chi connectivity index (χ2n) is 5.43. The standard InChI is InChI=1S/C19H19N5O2/c1-3-21-19-23-16(14-5-4-10-20-12-14)11-17(24-19)22-15-8-6-13(7-9-15)18(25)26-2/h4-12H,3H2,1-2H3,(H2,21,22,23,24). The van der Waals surface area contributed by atoms with E-state index >= 15 is 0 Å². The van der Waals surface area contributed by atoms with Crippen molar-refractivity contribution >= 4 is 23.4 Å². The molecule has 0 aliphatic heterocycles. The van der Waals surface area contributed by atoms with Crippen LogP contribution in [0.2, 0.25) is 0 Å². The van der Waals surface area contributed by atoms with Crippen LogP contribution in [-0.2, 0) is 4.74 Å². The molecule has 26 heavy (non-hydrogen) atoms. The molecule has 2 aromatic heterocycles. The molecule has 0 radical (unpaired) electrons. The van der Waals surface area contributed by atoms with Crippen LogP contribution in [0.1, 0.15) is 17.3 Å². The maximum absolute atomic E-state index is 11.5. The largest absolute Gasteiger partial charge is 0.465 e. The minimum atomic E-state index is -0.369. The zero-order chi connectivity index (χ0) is 18.4. The highest BCUT2D eigenvalue weighted by atomic mass is 16.5. The van der Waals surface area contributed by atoms with E-state index in [0.717, 1.165) is 16.9 Å². The maximum Gasteiger partial charge on any atom is 0.337 e. The van der Waals surface area contributed by atoms with E-state index in [1.165, 1.54) is 7.11 Å².